The topological polar surface area (TPSA) is 99.9 Å². The molecule has 0 saturated carbocycles. The molecule has 0 unspecified atom stereocenters. The van der Waals surface area contributed by atoms with Crippen molar-refractivity contribution in [2.24, 2.45) is 0 Å². The zero-order chi connectivity index (χ0) is 20.7. The number of esters is 1. The summed E-state index contributed by atoms with van der Waals surface area (Å²) < 4.78 is 21.3. The van der Waals surface area contributed by atoms with Crippen LogP contribution in [0, 0.1) is 6.92 Å². The van der Waals surface area contributed by atoms with E-state index in [4.69, 9.17) is 18.6 Å². The predicted octanol–water partition coefficient (Wildman–Crippen LogP) is 3.55. The lowest BCUT2D eigenvalue weighted by Gasteiger charge is -2.22. The summed E-state index contributed by atoms with van der Waals surface area (Å²) in [5.41, 5.74) is 0.373. The molecule has 8 nitrogen and oxygen atoms in total. The second-order valence-corrected chi connectivity index (χ2v) is 7.15. The van der Waals surface area contributed by atoms with E-state index >= 15 is 0 Å². The first-order valence-corrected chi connectivity index (χ1v) is 8.86. The maximum atomic E-state index is 12.2. The third kappa shape index (κ3) is 6.38. The van der Waals surface area contributed by atoms with Crippen molar-refractivity contribution in [1.82, 2.24) is 10.3 Å². The lowest BCUT2D eigenvalue weighted by atomic mass is 10.2. The summed E-state index contributed by atoms with van der Waals surface area (Å²) in [4.78, 5) is 28.2. The highest BCUT2D eigenvalue weighted by atomic mass is 16.6. The molecule has 2 rings (SSSR count). The van der Waals surface area contributed by atoms with Crippen LogP contribution in [-0.2, 0) is 20.8 Å². The number of alkyl carbamates (subject to hydrolysis) is 1. The van der Waals surface area contributed by atoms with E-state index in [0.717, 1.165) is 5.56 Å². The average Bonchev–Trinajstić information content (AvgIpc) is 3.01. The first-order valence-electron chi connectivity index (χ1n) is 8.86. The van der Waals surface area contributed by atoms with Crippen LogP contribution in [0.25, 0.3) is 0 Å². The Morgan fingerprint density at radius 2 is 1.89 bits per heavy atom. The maximum absolute atomic E-state index is 12.2. The summed E-state index contributed by atoms with van der Waals surface area (Å²) in [6, 6.07) is 8.86. The number of benzene rings is 1. The fourth-order valence-electron chi connectivity index (χ4n) is 2.35. The van der Waals surface area contributed by atoms with Gasteiger partial charge in [-0.1, -0.05) is 30.3 Å². The van der Waals surface area contributed by atoms with Gasteiger partial charge in [-0.05, 0) is 33.3 Å². The Balaban J connectivity index is 2.13. The van der Waals surface area contributed by atoms with E-state index < -0.39 is 23.7 Å². The first-order chi connectivity index (χ1) is 13.2. The highest BCUT2D eigenvalue weighted by Gasteiger charge is 2.27. The van der Waals surface area contributed by atoms with Crippen molar-refractivity contribution in [2.45, 2.75) is 45.9 Å². The minimum Gasteiger partial charge on any atom is -0.464 e. The lowest BCUT2D eigenvalue weighted by molar-refractivity contribution is 0.0403. The monoisotopic (exact) mass is 390 g/mol. The smallest absolute Gasteiger partial charge is 0.408 e. The number of nitrogens with zero attached hydrogens (tertiary/aromatic N) is 1. The molecule has 0 spiro atoms. The number of ether oxygens (including phenoxy) is 3. The van der Waals surface area contributed by atoms with Gasteiger partial charge in [0.2, 0.25) is 5.89 Å². The minimum absolute atomic E-state index is 0.0524. The molecule has 0 saturated heterocycles. The van der Waals surface area contributed by atoms with Gasteiger partial charge < -0.3 is 23.9 Å². The van der Waals surface area contributed by atoms with Crippen LogP contribution in [0.15, 0.2) is 34.7 Å². The number of oxazole rings is 1. The van der Waals surface area contributed by atoms with E-state index in [9.17, 15) is 9.59 Å². The van der Waals surface area contributed by atoms with Gasteiger partial charge in [0.1, 0.15) is 17.4 Å². The Morgan fingerprint density at radius 1 is 1.21 bits per heavy atom. The molecule has 1 amide bonds. The number of carbonyl (C=O) groups is 2. The van der Waals surface area contributed by atoms with Crippen molar-refractivity contribution in [3.63, 3.8) is 0 Å². The molecule has 1 aromatic heterocycles. The van der Waals surface area contributed by atoms with Crippen molar-refractivity contribution in [1.29, 1.82) is 0 Å². The second-order valence-electron chi connectivity index (χ2n) is 7.15. The van der Waals surface area contributed by atoms with E-state index in [0.29, 0.717) is 12.4 Å². The number of aromatic nitrogens is 1. The molecule has 0 radical (unpaired) electrons. The van der Waals surface area contributed by atoms with Crippen molar-refractivity contribution in [3.8, 4) is 0 Å². The summed E-state index contributed by atoms with van der Waals surface area (Å²) in [5, 5.41) is 2.68. The Morgan fingerprint density at radius 3 is 2.50 bits per heavy atom. The predicted molar refractivity (Wildman–Crippen MR) is 101 cm³/mol. The number of nitrogens with one attached hydrogen (secondary N) is 1. The van der Waals surface area contributed by atoms with Crippen LogP contribution < -0.4 is 5.32 Å². The number of hydrogen-bond donors (Lipinski definition) is 1. The van der Waals surface area contributed by atoms with Crippen molar-refractivity contribution >= 4 is 12.1 Å². The van der Waals surface area contributed by atoms with Gasteiger partial charge in [0, 0.05) is 0 Å². The summed E-state index contributed by atoms with van der Waals surface area (Å²) in [5.74, 6) is -0.188. The average molecular weight is 390 g/mol. The van der Waals surface area contributed by atoms with Crippen LogP contribution in [0.2, 0.25) is 0 Å². The molecule has 0 aliphatic heterocycles. The molecule has 0 aliphatic rings. The number of methoxy groups -OCH3 is 1. The lowest BCUT2D eigenvalue weighted by Crippen LogP contribution is -2.36. The zero-order valence-corrected chi connectivity index (χ0v) is 16.8. The Hall–Kier alpha value is -2.87. The van der Waals surface area contributed by atoms with Gasteiger partial charge in [-0.2, -0.15) is 0 Å². The van der Waals surface area contributed by atoms with E-state index in [1.54, 1.807) is 27.7 Å². The quantitative estimate of drug-likeness (QED) is 0.722. The van der Waals surface area contributed by atoms with Gasteiger partial charge in [-0.3, -0.25) is 0 Å². The molecular formula is C20H26N2O6. The maximum Gasteiger partial charge on any atom is 0.408 e. The Labute approximate surface area is 164 Å². The summed E-state index contributed by atoms with van der Waals surface area (Å²) >= 11 is 0. The number of amides is 1. The summed E-state index contributed by atoms with van der Waals surface area (Å²) in [7, 11) is 1.26. The number of carbonyl (C=O) groups excluding carboxylic acids is 2. The number of rotatable bonds is 7. The van der Waals surface area contributed by atoms with Gasteiger partial charge >= 0.3 is 12.1 Å². The van der Waals surface area contributed by atoms with E-state index in [2.05, 4.69) is 10.3 Å². The number of aryl methyl sites for hydroxylation is 1. The van der Waals surface area contributed by atoms with Crippen molar-refractivity contribution in [2.75, 3.05) is 13.7 Å². The van der Waals surface area contributed by atoms with Crippen LogP contribution in [0.4, 0.5) is 4.79 Å². The number of hydrogen-bond acceptors (Lipinski definition) is 7. The van der Waals surface area contributed by atoms with Gasteiger partial charge in [-0.25, -0.2) is 14.6 Å². The second kappa shape index (κ2) is 9.36. The van der Waals surface area contributed by atoms with Crippen LogP contribution in [0.1, 0.15) is 54.5 Å². The molecule has 28 heavy (non-hydrogen) atoms. The molecule has 1 aromatic carbocycles. The van der Waals surface area contributed by atoms with Crippen LogP contribution in [0.3, 0.4) is 0 Å². The third-order valence-electron chi connectivity index (χ3n) is 3.58. The summed E-state index contributed by atoms with van der Waals surface area (Å²) in [6.07, 6.45) is -0.642. The molecule has 152 valence electrons. The van der Waals surface area contributed by atoms with Gasteiger partial charge in [0.05, 0.1) is 20.3 Å². The zero-order valence-electron chi connectivity index (χ0n) is 16.8. The molecule has 1 heterocycles. The van der Waals surface area contributed by atoms with Crippen LogP contribution in [-0.4, -0.2) is 36.4 Å². The minimum atomic E-state index is -0.740. The molecule has 0 bridgehead atoms. The van der Waals surface area contributed by atoms with Crippen molar-refractivity contribution in [3.05, 3.63) is 53.2 Å². The summed E-state index contributed by atoms with van der Waals surface area (Å²) in [6.45, 7) is 7.30. The fourth-order valence-corrected chi connectivity index (χ4v) is 2.35. The van der Waals surface area contributed by atoms with Crippen molar-refractivity contribution < 1.29 is 28.2 Å². The van der Waals surface area contributed by atoms with Gasteiger partial charge in [-0.15, -0.1) is 0 Å². The Bertz CT molecular complexity index is 795. The largest absolute Gasteiger partial charge is 0.464 e. The molecule has 0 aliphatic carbocycles. The fraction of sp³-hybridized carbons (Fsp3) is 0.450. The Kier molecular flexibility index (Phi) is 7.17. The normalized spacial score (nSPS) is 12.3. The van der Waals surface area contributed by atoms with E-state index in [-0.39, 0.29) is 18.2 Å². The standard InChI is InChI=1S/C20H26N2O6/c1-13-16(18(23)25-5)22-17(27-13)15(21-19(24)28-20(2,3)4)12-26-11-14-9-7-6-8-10-14/h6-10,15H,11-12H2,1-5H3,(H,21,24)/t15-/m0/s1. The highest BCUT2D eigenvalue weighted by molar-refractivity contribution is 5.88. The van der Waals surface area contributed by atoms with Gasteiger partial charge in [0.15, 0.2) is 5.69 Å². The molecule has 8 heteroatoms. The molecule has 2 aromatic rings. The third-order valence-corrected chi connectivity index (χ3v) is 3.58. The van der Waals surface area contributed by atoms with Gasteiger partial charge in [0.25, 0.3) is 0 Å². The van der Waals surface area contributed by atoms with E-state index in [1.807, 2.05) is 30.3 Å². The highest BCUT2D eigenvalue weighted by Crippen LogP contribution is 2.19. The molecular weight excluding hydrogens is 364 g/mol. The SMILES string of the molecule is COC(=O)c1nc([C@H](COCc2ccccc2)NC(=O)OC(C)(C)C)oc1C. The molecule has 0 fully saturated rings. The van der Waals surface area contributed by atoms with Crippen LogP contribution in [0.5, 0.6) is 0 Å². The van der Waals surface area contributed by atoms with Crippen LogP contribution >= 0.6 is 0 Å². The molecule has 1 N–H and O–H groups in total. The molecule has 1 atom stereocenters. The van der Waals surface area contributed by atoms with E-state index in [1.165, 1.54) is 7.11 Å². The first kappa shape index (κ1) is 21.4.